The van der Waals surface area contributed by atoms with Crippen LogP contribution in [0.25, 0.3) is 11.1 Å². The molecule has 4 heteroatoms. The van der Waals surface area contributed by atoms with Crippen LogP contribution in [0.3, 0.4) is 0 Å². The number of benzene rings is 1. The van der Waals surface area contributed by atoms with Gasteiger partial charge in [0.05, 0.1) is 0 Å². The van der Waals surface area contributed by atoms with Crippen molar-refractivity contribution in [3.63, 3.8) is 0 Å². The van der Waals surface area contributed by atoms with Gasteiger partial charge in [0, 0.05) is 25.0 Å². The van der Waals surface area contributed by atoms with Gasteiger partial charge in [-0.1, -0.05) is 18.2 Å². The van der Waals surface area contributed by atoms with Gasteiger partial charge in [-0.25, -0.2) is 9.97 Å². The molecule has 0 spiro atoms. The summed E-state index contributed by atoms with van der Waals surface area (Å²) < 4.78 is 0. The molecule has 2 aromatic rings. The van der Waals surface area contributed by atoms with Crippen LogP contribution in [-0.2, 0) is 0 Å². The van der Waals surface area contributed by atoms with E-state index in [1.54, 1.807) is 19.4 Å². The number of nitrogens with zero attached hydrogens (tertiary/aromatic N) is 2. The standard InChI is InChI=1S/C17H17N3O/c1-13-10-16(4-3-9-19-12-20-11-13)14-5-7-15(8-6-14)17(21)18-2/h3-12H,1-2H3,(H,18,21). The van der Waals surface area contributed by atoms with Gasteiger partial charge in [-0.15, -0.1) is 0 Å². The molecular weight excluding hydrogens is 262 g/mol. The van der Waals surface area contributed by atoms with Crippen LogP contribution in [0.2, 0.25) is 0 Å². The van der Waals surface area contributed by atoms with Crippen molar-refractivity contribution in [3.05, 3.63) is 72.3 Å². The largest absolute Gasteiger partial charge is 0.355 e. The summed E-state index contributed by atoms with van der Waals surface area (Å²) in [5.41, 5.74) is 3.74. The van der Waals surface area contributed by atoms with Crippen LogP contribution in [0, 0.1) is 6.92 Å². The molecule has 0 aliphatic heterocycles. The topological polar surface area (TPSA) is 54.9 Å². The number of nitrogens with one attached hydrogen (secondary N) is 1. The van der Waals surface area contributed by atoms with Gasteiger partial charge in [-0.05, 0) is 47.9 Å². The van der Waals surface area contributed by atoms with E-state index in [0.717, 1.165) is 16.7 Å². The Morgan fingerprint density at radius 1 is 1.05 bits per heavy atom. The van der Waals surface area contributed by atoms with E-state index in [0.29, 0.717) is 5.56 Å². The first-order valence-electron chi connectivity index (χ1n) is 6.63. The number of aryl methyl sites for hydroxylation is 1. The number of hydrogen-bond donors (Lipinski definition) is 1. The van der Waals surface area contributed by atoms with Crippen LogP contribution >= 0.6 is 0 Å². The fraction of sp³-hybridized carbons (Fsp3) is 0.118. The predicted molar refractivity (Wildman–Crippen MR) is 83.2 cm³/mol. The maximum atomic E-state index is 11.6. The van der Waals surface area contributed by atoms with Gasteiger partial charge in [0.25, 0.3) is 5.91 Å². The summed E-state index contributed by atoms with van der Waals surface area (Å²) in [7, 11) is 1.62. The molecular formula is C17H17N3O. The highest BCUT2D eigenvalue weighted by atomic mass is 16.1. The molecule has 1 heterocycles. The maximum absolute atomic E-state index is 11.6. The minimum atomic E-state index is -0.0884. The molecule has 0 saturated heterocycles. The predicted octanol–water partition coefficient (Wildman–Crippen LogP) is 2.94. The molecule has 0 unspecified atom stereocenters. The van der Waals surface area contributed by atoms with Gasteiger partial charge in [-0.3, -0.25) is 4.79 Å². The normalized spacial score (nSPS) is 9.62. The Bertz CT molecular complexity index is 680. The zero-order valence-electron chi connectivity index (χ0n) is 12.1. The second-order valence-corrected chi connectivity index (χ2v) is 4.55. The van der Waals surface area contributed by atoms with E-state index in [4.69, 9.17) is 0 Å². The van der Waals surface area contributed by atoms with E-state index in [1.165, 1.54) is 6.33 Å². The van der Waals surface area contributed by atoms with Crippen molar-refractivity contribution in [2.45, 2.75) is 6.92 Å². The summed E-state index contributed by atoms with van der Waals surface area (Å²) in [5, 5.41) is 2.61. The molecule has 0 aliphatic carbocycles. The highest BCUT2D eigenvalue weighted by molar-refractivity contribution is 5.94. The van der Waals surface area contributed by atoms with Gasteiger partial charge in [0.1, 0.15) is 6.33 Å². The molecule has 0 aliphatic rings. The first-order valence-corrected chi connectivity index (χ1v) is 6.63. The second kappa shape index (κ2) is 7.14. The molecule has 0 fully saturated rings. The van der Waals surface area contributed by atoms with Crippen molar-refractivity contribution < 1.29 is 4.79 Å². The van der Waals surface area contributed by atoms with Crippen molar-refractivity contribution in [3.8, 4) is 11.1 Å². The van der Waals surface area contributed by atoms with Crippen LogP contribution in [0.4, 0.5) is 0 Å². The average Bonchev–Trinajstić information content (AvgIpc) is 2.52. The van der Waals surface area contributed by atoms with Crippen LogP contribution < -0.4 is 5.32 Å². The molecule has 106 valence electrons. The lowest BCUT2D eigenvalue weighted by Crippen LogP contribution is -2.17. The molecule has 4 nitrogen and oxygen atoms in total. The summed E-state index contributed by atoms with van der Waals surface area (Å²) >= 11 is 0. The van der Waals surface area contributed by atoms with Crippen LogP contribution in [0.15, 0.2) is 61.2 Å². The fourth-order valence-corrected chi connectivity index (χ4v) is 1.89. The smallest absolute Gasteiger partial charge is 0.251 e. The summed E-state index contributed by atoms with van der Waals surface area (Å²) in [4.78, 5) is 19.6. The van der Waals surface area contributed by atoms with Crippen LogP contribution in [-0.4, -0.2) is 22.9 Å². The van der Waals surface area contributed by atoms with E-state index >= 15 is 0 Å². The lowest BCUT2D eigenvalue weighted by molar-refractivity contribution is 0.0963. The van der Waals surface area contributed by atoms with Crippen molar-refractivity contribution in [1.82, 2.24) is 15.3 Å². The second-order valence-electron chi connectivity index (χ2n) is 4.55. The van der Waals surface area contributed by atoms with E-state index < -0.39 is 0 Å². The lowest BCUT2D eigenvalue weighted by atomic mass is 10.0. The molecule has 21 heavy (non-hydrogen) atoms. The van der Waals surface area contributed by atoms with Gasteiger partial charge in [0.15, 0.2) is 0 Å². The number of carbonyl (C=O) groups is 1. The van der Waals surface area contributed by atoms with Gasteiger partial charge in [-0.2, -0.15) is 0 Å². The Balaban J connectivity index is 2.46. The number of amides is 1. The maximum Gasteiger partial charge on any atom is 0.251 e. The molecule has 0 saturated carbocycles. The van der Waals surface area contributed by atoms with Crippen LogP contribution in [0.5, 0.6) is 0 Å². The van der Waals surface area contributed by atoms with Crippen molar-refractivity contribution in [2.24, 2.45) is 0 Å². The fourth-order valence-electron chi connectivity index (χ4n) is 1.89. The minimum Gasteiger partial charge on any atom is -0.355 e. The first-order chi connectivity index (χ1) is 10.2. The van der Waals surface area contributed by atoms with Gasteiger partial charge >= 0.3 is 0 Å². The summed E-state index contributed by atoms with van der Waals surface area (Å²) in [6.45, 7) is 1.98. The molecule has 0 bridgehead atoms. The first kappa shape index (κ1) is 14.7. The number of rotatable bonds is 2. The Morgan fingerprint density at radius 3 is 2.52 bits per heavy atom. The number of hydrogen-bond acceptors (Lipinski definition) is 3. The summed E-state index contributed by atoms with van der Waals surface area (Å²) in [6.07, 6.45) is 4.95. The zero-order chi connectivity index (χ0) is 15.1. The molecule has 1 aromatic carbocycles. The Kier molecular flexibility index (Phi) is 4.99. The molecule has 2 rings (SSSR count). The highest BCUT2D eigenvalue weighted by Crippen LogP contribution is 2.19. The van der Waals surface area contributed by atoms with Crippen LogP contribution in [0.1, 0.15) is 15.9 Å². The highest BCUT2D eigenvalue weighted by Gasteiger charge is 2.02. The molecule has 1 amide bonds. The van der Waals surface area contributed by atoms with E-state index in [-0.39, 0.29) is 5.91 Å². The lowest BCUT2D eigenvalue weighted by Gasteiger charge is -2.03. The zero-order valence-corrected chi connectivity index (χ0v) is 12.1. The van der Waals surface area contributed by atoms with Gasteiger partial charge < -0.3 is 5.32 Å². The average molecular weight is 279 g/mol. The third kappa shape index (κ3) is 4.11. The molecule has 1 N–H and O–H groups in total. The SMILES string of the molecule is CNC(=O)c1ccc(-c2cccncncc(C)c2)cc1. The van der Waals surface area contributed by atoms with Crippen molar-refractivity contribution >= 4 is 5.91 Å². The number of aromatic nitrogens is 2. The number of carbonyl (C=O) groups excluding carboxylic acids is 1. The van der Waals surface area contributed by atoms with E-state index in [9.17, 15) is 4.79 Å². The molecule has 0 atom stereocenters. The Hall–Kier alpha value is -2.75. The van der Waals surface area contributed by atoms with Gasteiger partial charge in [0.2, 0.25) is 0 Å². The van der Waals surface area contributed by atoms with E-state index in [1.807, 2.05) is 49.4 Å². The third-order valence-electron chi connectivity index (χ3n) is 2.95. The van der Waals surface area contributed by atoms with Crippen molar-refractivity contribution in [1.29, 1.82) is 0 Å². The quantitative estimate of drug-likeness (QED) is 0.919. The molecule has 1 aromatic heterocycles. The monoisotopic (exact) mass is 279 g/mol. The molecule has 0 radical (unpaired) electrons. The Morgan fingerprint density at radius 2 is 1.81 bits per heavy atom. The minimum absolute atomic E-state index is 0.0884. The summed E-state index contributed by atoms with van der Waals surface area (Å²) in [5.74, 6) is -0.0884. The van der Waals surface area contributed by atoms with Crippen molar-refractivity contribution in [2.75, 3.05) is 7.05 Å². The Labute approximate surface area is 124 Å². The summed E-state index contributed by atoms with van der Waals surface area (Å²) in [6, 6.07) is 13.4. The van der Waals surface area contributed by atoms with E-state index in [2.05, 4.69) is 15.3 Å². The third-order valence-corrected chi connectivity index (χ3v) is 2.95.